The van der Waals surface area contributed by atoms with Gasteiger partial charge in [-0.25, -0.2) is 0 Å². The first-order chi connectivity index (χ1) is 4.35. The van der Waals surface area contributed by atoms with Gasteiger partial charge in [-0.05, 0) is 18.9 Å². The fourth-order valence-electron chi connectivity index (χ4n) is 1.45. The molecule has 2 bridgehead atoms. The first-order valence-corrected chi connectivity index (χ1v) is 4.15. The first-order valence-electron chi connectivity index (χ1n) is 3.27. The number of hydrogen-bond acceptors (Lipinski definition) is 2. The van der Waals surface area contributed by atoms with Crippen molar-refractivity contribution < 1.29 is 4.74 Å². The molecule has 0 radical (unpaired) electrons. The summed E-state index contributed by atoms with van der Waals surface area (Å²) in [5, 5.41) is 0.755. The lowest BCUT2D eigenvalue weighted by Crippen LogP contribution is -2.18. The van der Waals surface area contributed by atoms with Crippen LogP contribution in [0, 0.1) is 0 Å². The lowest BCUT2D eigenvalue weighted by Gasteiger charge is -2.19. The first kappa shape index (κ1) is 5.81. The Labute approximate surface area is 59.5 Å². The predicted molar refractivity (Wildman–Crippen MR) is 39.5 cm³/mol. The van der Waals surface area contributed by atoms with Crippen LogP contribution in [0.3, 0.4) is 0 Å². The van der Waals surface area contributed by atoms with Gasteiger partial charge in [0.15, 0.2) is 0 Å². The fourth-order valence-corrected chi connectivity index (χ4v) is 2.84. The number of thioether (sulfide) groups is 1. The molecule has 1 nitrogen and oxygen atoms in total. The van der Waals surface area contributed by atoms with E-state index in [-0.39, 0.29) is 4.93 Å². The number of methoxy groups -OCH3 is 1. The Bertz CT molecular complexity index is 155. The second-order valence-corrected chi connectivity index (χ2v) is 4.10. The van der Waals surface area contributed by atoms with Crippen molar-refractivity contribution in [2.45, 2.75) is 23.0 Å². The topological polar surface area (TPSA) is 9.23 Å². The van der Waals surface area contributed by atoms with Crippen molar-refractivity contribution in [3.05, 3.63) is 12.2 Å². The summed E-state index contributed by atoms with van der Waals surface area (Å²) in [5.41, 5.74) is 0. The maximum atomic E-state index is 5.37. The van der Waals surface area contributed by atoms with Gasteiger partial charge in [0.1, 0.15) is 4.93 Å². The average Bonchev–Trinajstić information content (AvgIpc) is 2.46. The molecule has 2 heterocycles. The molecule has 2 rings (SSSR count). The lowest BCUT2D eigenvalue weighted by molar-refractivity contribution is 0.108. The number of fused-ring (bicyclic) bond motifs is 2. The summed E-state index contributed by atoms with van der Waals surface area (Å²) in [6.07, 6.45) is 6.97. The number of rotatable bonds is 1. The highest BCUT2D eigenvalue weighted by atomic mass is 32.2. The Morgan fingerprint density at radius 2 is 2.67 bits per heavy atom. The molecule has 0 amide bonds. The standard InChI is InChI=1S/C7H10OS/c1-8-7-4-2-6(9-7)3-5-7/h2,4,6H,3,5H2,1H3. The molecule has 0 saturated carbocycles. The molecule has 0 aliphatic carbocycles. The van der Waals surface area contributed by atoms with Crippen molar-refractivity contribution in [1.29, 1.82) is 0 Å². The van der Waals surface area contributed by atoms with Crippen LogP contribution in [0.25, 0.3) is 0 Å². The number of hydrogen-bond donors (Lipinski definition) is 0. The van der Waals surface area contributed by atoms with Crippen LogP contribution in [0.4, 0.5) is 0 Å². The van der Waals surface area contributed by atoms with E-state index in [1.54, 1.807) is 7.11 Å². The normalized spacial score (nSPS) is 46.6. The molecule has 2 atom stereocenters. The summed E-state index contributed by atoms with van der Waals surface area (Å²) in [7, 11) is 1.80. The van der Waals surface area contributed by atoms with Crippen molar-refractivity contribution in [3.8, 4) is 0 Å². The molecular weight excluding hydrogens is 132 g/mol. The molecule has 0 aromatic heterocycles. The van der Waals surface area contributed by atoms with Crippen LogP contribution in [0.1, 0.15) is 12.8 Å². The highest BCUT2D eigenvalue weighted by Crippen LogP contribution is 2.50. The molecule has 1 fully saturated rings. The Morgan fingerprint density at radius 3 is 2.89 bits per heavy atom. The van der Waals surface area contributed by atoms with E-state index < -0.39 is 0 Å². The minimum absolute atomic E-state index is 0.0880. The largest absolute Gasteiger partial charge is 0.364 e. The third-order valence-electron chi connectivity index (χ3n) is 2.04. The summed E-state index contributed by atoms with van der Waals surface area (Å²) in [6.45, 7) is 0. The quantitative estimate of drug-likeness (QED) is 0.516. The monoisotopic (exact) mass is 142 g/mol. The third-order valence-corrected chi connectivity index (χ3v) is 3.64. The van der Waals surface area contributed by atoms with Gasteiger partial charge in [-0.1, -0.05) is 6.08 Å². The van der Waals surface area contributed by atoms with Gasteiger partial charge in [-0.2, -0.15) is 0 Å². The van der Waals surface area contributed by atoms with Gasteiger partial charge in [0.05, 0.1) is 0 Å². The molecule has 0 aromatic carbocycles. The average molecular weight is 142 g/mol. The highest BCUT2D eigenvalue weighted by Gasteiger charge is 2.41. The van der Waals surface area contributed by atoms with Crippen LogP contribution >= 0.6 is 11.8 Å². The van der Waals surface area contributed by atoms with Crippen molar-refractivity contribution in [2.75, 3.05) is 7.11 Å². The zero-order valence-electron chi connectivity index (χ0n) is 5.46. The van der Waals surface area contributed by atoms with E-state index in [1.165, 1.54) is 12.8 Å². The molecule has 1 saturated heterocycles. The van der Waals surface area contributed by atoms with E-state index in [9.17, 15) is 0 Å². The maximum Gasteiger partial charge on any atom is 0.132 e. The van der Waals surface area contributed by atoms with Gasteiger partial charge in [0.2, 0.25) is 0 Å². The predicted octanol–water partition coefficient (Wildman–Crippen LogP) is 1.79. The van der Waals surface area contributed by atoms with Crippen molar-refractivity contribution in [1.82, 2.24) is 0 Å². The molecular formula is C7H10OS. The second kappa shape index (κ2) is 1.77. The molecule has 0 N–H and O–H groups in total. The molecule has 2 unspecified atom stereocenters. The molecule has 0 aromatic rings. The van der Waals surface area contributed by atoms with Crippen LogP contribution in [0.5, 0.6) is 0 Å². The van der Waals surface area contributed by atoms with Crippen molar-refractivity contribution in [2.24, 2.45) is 0 Å². The SMILES string of the molecule is COC12C=CC(CC1)S2. The van der Waals surface area contributed by atoms with Crippen LogP contribution in [-0.2, 0) is 4.74 Å². The van der Waals surface area contributed by atoms with Gasteiger partial charge < -0.3 is 4.74 Å². The molecule has 2 aliphatic heterocycles. The maximum absolute atomic E-state index is 5.37. The van der Waals surface area contributed by atoms with Gasteiger partial charge in [0, 0.05) is 12.4 Å². The summed E-state index contributed by atoms with van der Waals surface area (Å²) in [5.74, 6) is 0. The third kappa shape index (κ3) is 0.733. The van der Waals surface area contributed by atoms with E-state index in [0.717, 1.165) is 5.25 Å². The molecule has 2 heteroatoms. The summed E-state index contributed by atoms with van der Waals surface area (Å²) in [4.78, 5) is 0.0880. The Morgan fingerprint density at radius 1 is 1.78 bits per heavy atom. The van der Waals surface area contributed by atoms with Crippen molar-refractivity contribution in [3.63, 3.8) is 0 Å². The lowest BCUT2D eigenvalue weighted by atomic mass is 10.1. The van der Waals surface area contributed by atoms with Crippen LogP contribution in [0.15, 0.2) is 12.2 Å². The molecule has 0 spiro atoms. The van der Waals surface area contributed by atoms with Crippen LogP contribution in [-0.4, -0.2) is 17.3 Å². The second-order valence-electron chi connectivity index (χ2n) is 2.57. The Hall–Kier alpha value is 0.0500. The summed E-state index contributed by atoms with van der Waals surface area (Å²) < 4.78 is 5.37. The van der Waals surface area contributed by atoms with Gasteiger partial charge >= 0.3 is 0 Å². The van der Waals surface area contributed by atoms with E-state index in [0.29, 0.717) is 0 Å². The van der Waals surface area contributed by atoms with Gasteiger partial charge in [-0.15, -0.1) is 11.8 Å². The van der Waals surface area contributed by atoms with Crippen LogP contribution in [0.2, 0.25) is 0 Å². The van der Waals surface area contributed by atoms with Gasteiger partial charge in [-0.3, -0.25) is 0 Å². The fraction of sp³-hybridized carbons (Fsp3) is 0.714. The molecule has 50 valence electrons. The minimum atomic E-state index is 0.0880. The van der Waals surface area contributed by atoms with E-state index >= 15 is 0 Å². The smallest absolute Gasteiger partial charge is 0.132 e. The summed E-state index contributed by atoms with van der Waals surface area (Å²) >= 11 is 1.95. The Balaban J connectivity index is 2.23. The van der Waals surface area contributed by atoms with E-state index in [1.807, 2.05) is 11.8 Å². The van der Waals surface area contributed by atoms with Gasteiger partial charge in [0.25, 0.3) is 0 Å². The van der Waals surface area contributed by atoms with E-state index in [4.69, 9.17) is 4.74 Å². The highest BCUT2D eigenvalue weighted by molar-refractivity contribution is 8.02. The zero-order chi connectivity index (χ0) is 6.32. The summed E-state index contributed by atoms with van der Waals surface area (Å²) in [6, 6.07) is 0. The van der Waals surface area contributed by atoms with Crippen molar-refractivity contribution >= 4 is 11.8 Å². The Kier molecular flexibility index (Phi) is 1.14. The van der Waals surface area contributed by atoms with Crippen LogP contribution < -0.4 is 0 Å². The zero-order valence-corrected chi connectivity index (χ0v) is 6.28. The molecule has 2 aliphatic rings. The van der Waals surface area contributed by atoms with E-state index in [2.05, 4.69) is 12.2 Å². The molecule has 9 heavy (non-hydrogen) atoms. The minimum Gasteiger partial charge on any atom is -0.364 e. The number of ether oxygens (including phenoxy) is 1.